The van der Waals surface area contributed by atoms with E-state index in [2.05, 4.69) is 5.32 Å². The van der Waals surface area contributed by atoms with Crippen molar-refractivity contribution in [1.29, 1.82) is 5.26 Å². The lowest BCUT2D eigenvalue weighted by atomic mass is 10.1. The van der Waals surface area contributed by atoms with E-state index in [0.29, 0.717) is 22.0 Å². The van der Waals surface area contributed by atoms with Crippen LogP contribution < -0.4 is 10.1 Å². The summed E-state index contributed by atoms with van der Waals surface area (Å²) in [4.78, 5) is 12.3. The summed E-state index contributed by atoms with van der Waals surface area (Å²) in [6.45, 7) is 3.88. The minimum absolute atomic E-state index is 0.00351. The molecule has 1 amide bonds. The third kappa shape index (κ3) is 4.15. The summed E-state index contributed by atoms with van der Waals surface area (Å²) in [5.74, 6) is 0.0726. The molecular weight excluding hydrogens is 324 g/mol. The van der Waals surface area contributed by atoms with Crippen molar-refractivity contribution in [2.45, 2.75) is 13.8 Å². The van der Waals surface area contributed by atoms with Crippen molar-refractivity contribution in [1.82, 2.24) is 0 Å². The third-order valence-electron chi connectivity index (χ3n) is 3.48. The minimum atomic E-state index is -0.462. The number of carbonyl (C=O) groups is 1. The van der Waals surface area contributed by atoms with Gasteiger partial charge in [-0.25, -0.2) is 0 Å². The van der Waals surface area contributed by atoms with E-state index in [-0.39, 0.29) is 5.57 Å². The van der Waals surface area contributed by atoms with Crippen LogP contribution >= 0.6 is 11.6 Å². The number of nitriles is 1. The lowest BCUT2D eigenvalue weighted by Gasteiger charge is -2.09. The summed E-state index contributed by atoms with van der Waals surface area (Å²) in [5, 5.41) is 12.5. The molecule has 2 rings (SSSR count). The van der Waals surface area contributed by atoms with E-state index in [1.807, 2.05) is 38.1 Å². The first kappa shape index (κ1) is 17.6. The van der Waals surface area contributed by atoms with Gasteiger partial charge >= 0.3 is 0 Å². The molecule has 0 aromatic heterocycles. The lowest BCUT2D eigenvalue weighted by molar-refractivity contribution is -0.112. The molecule has 0 radical (unpaired) electrons. The molecule has 24 heavy (non-hydrogen) atoms. The Morgan fingerprint density at radius 2 is 2.00 bits per heavy atom. The number of aryl methyl sites for hydroxylation is 2. The molecule has 0 bridgehead atoms. The maximum Gasteiger partial charge on any atom is 0.266 e. The van der Waals surface area contributed by atoms with Gasteiger partial charge in [-0.2, -0.15) is 5.26 Å². The van der Waals surface area contributed by atoms with Crippen molar-refractivity contribution in [2.75, 3.05) is 12.4 Å². The molecule has 0 spiro atoms. The topological polar surface area (TPSA) is 62.1 Å². The Hall–Kier alpha value is -2.77. The average molecular weight is 341 g/mol. The highest BCUT2D eigenvalue weighted by molar-refractivity contribution is 6.32. The monoisotopic (exact) mass is 340 g/mol. The summed E-state index contributed by atoms with van der Waals surface area (Å²) < 4.78 is 5.08. The van der Waals surface area contributed by atoms with Gasteiger partial charge in [0.25, 0.3) is 5.91 Å². The van der Waals surface area contributed by atoms with Crippen LogP contribution in [0.3, 0.4) is 0 Å². The number of amides is 1. The first-order valence-corrected chi connectivity index (χ1v) is 7.66. The number of benzene rings is 2. The number of ether oxygens (including phenoxy) is 1. The van der Waals surface area contributed by atoms with Gasteiger partial charge < -0.3 is 10.1 Å². The van der Waals surface area contributed by atoms with E-state index in [4.69, 9.17) is 16.3 Å². The van der Waals surface area contributed by atoms with Crippen LogP contribution in [-0.4, -0.2) is 13.0 Å². The molecule has 0 saturated heterocycles. The van der Waals surface area contributed by atoms with Crippen molar-refractivity contribution in [3.05, 3.63) is 63.7 Å². The fraction of sp³-hybridized carbons (Fsp3) is 0.158. The molecule has 0 aliphatic carbocycles. The van der Waals surface area contributed by atoms with Gasteiger partial charge in [0, 0.05) is 5.69 Å². The van der Waals surface area contributed by atoms with Crippen LogP contribution in [0.5, 0.6) is 5.75 Å². The van der Waals surface area contributed by atoms with E-state index in [1.54, 1.807) is 18.2 Å². The van der Waals surface area contributed by atoms with Gasteiger partial charge in [-0.1, -0.05) is 35.4 Å². The van der Waals surface area contributed by atoms with Gasteiger partial charge in [0.2, 0.25) is 0 Å². The summed E-state index contributed by atoms with van der Waals surface area (Å²) in [6.07, 6.45) is 1.49. The number of hydrogen-bond acceptors (Lipinski definition) is 3. The molecule has 0 unspecified atom stereocenters. The van der Waals surface area contributed by atoms with Gasteiger partial charge in [0.15, 0.2) is 0 Å². The Labute approximate surface area is 146 Å². The fourth-order valence-corrected chi connectivity index (χ4v) is 2.50. The second-order valence-electron chi connectivity index (χ2n) is 5.34. The quantitative estimate of drug-likeness (QED) is 0.658. The number of nitrogens with one attached hydrogen (secondary N) is 1. The normalized spacial score (nSPS) is 10.9. The SMILES string of the molecule is COc1ccc(/C=C(\C#N)C(=O)Nc2ccc(C)cc2C)cc1Cl. The second kappa shape index (κ2) is 7.67. The maximum absolute atomic E-state index is 12.3. The summed E-state index contributed by atoms with van der Waals surface area (Å²) in [7, 11) is 1.52. The van der Waals surface area contributed by atoms with Gasteiger partial charge in [0.05, 0.1) is 12.1 Å². The van der Waals surface area contributed by atoms with Crippen molar-refractivity contribution >= 4 is 29.3 Å². The Kier molecular flexibility index (Phi) is 5.62. The molecule has 0 atom stereocenters. The van der Waals surface area contributed by atoms with E-state index in [0.717, 1.165) is 11.1 Å². The van der Waals surface area contributed by atoms with Crippen LogP contribution in [0.2, 0.25) is 5.02 Å². The Morgan fingerprint density at radius 1 is 1.25 bits per heavy atom. The molecule has 0 saturated carbocycles. The molecule has 2 aromatic carbocycles. The van der Waals surface area contributed by atoms with Gasteiger partial charge in [-0.05, 0) is 49.2 Å². The van der Waals surface area contributed by atoms with Crippen molar-refractivity contribution < 1.29 is 9.53 Å². The number of nitrogens with zero attached hydrogens (tertiary/aromatic N) is 1. The molecule has 2 aromatic rings. The number of methoxy groups -OCH3 is 1. The van der Waals surface area contributed by atoms with Crippen molar-refractivity contribution in [2.24, 2.45) is 0 Å². The van der Waals surface area contributed by atoms with E-state index < -0.39 is 5.91 Å². The van der Waals surface area contributed by atoms with Crippen molar-refractivity contribution in [3.63, 3.8) is 0 Å². The predicted octanol–water partition coefficient (Wildman–Crippen LogP) is 4.51. The van der Waals surface area contributed by atoms with Crippen LogP contribution in [0.4, 0.5) is 5.69 Å². The Balaban J connectivity index is 2.25. The molecule has 4 nitrogen and oxygen atoms in total. The van der Waals surface area contributed by atoms with Crippen LogP contribution in [0.1, 0.15) is 16.7 Å². The molecule has 5 heteroatoms. The van der Waals surface area contributed by atoms with E-state index >= 15 is 0 Å². The van der Waals surface area contributed by atoms with Crippen LogP contribution in [0.25, 0.3) is 6.08 Å². The minimum Gasteiger partial charge on any atom is -0.495 e. The lowest BCUT2D eigenvalue weighted by Crippen LogP contribution is -2.14. The molecule has 122 valence electrons. The largest absolute Gasteiger partial charge is 0.495 e. The predicted molar refractivity (Wildman–Crippen MR) is 96.1 cm³/mol. The average Bonchev–Trinajstić information content (AvgIpc) is 2.55. The standard InChI is InChI=1S/C19H17ClN2O2/c1-12-4-6-17(13(2)8-12)22-19(23)15(11-21)9-14-5-7-18(24-3)16(20)10-14/h4-10H,1-3H3,(H,22,23)/b15-9+. The highest BCUT2D eigenvalue weighted by Gasteiger charge is 2.11. The van der Waals surface area contributed by atoms with E-state index in [1.165, 1.54) is 13.2 Å². The van der Waals surface area contributed by atoms with Crippen LogP contribution in [-0.2, 0) is 4.79 Å². The van der Waals surface area contributed by atoms with Crippen molar-refractivity contribution in [3.8, 4) is 11.8 Å². The van der Waals surface area contributed by atoms with Gasteiger partial charge in [0.1, 0.15) is 17.4 Å². The molecule has 1 N–H and O–H groups in total. The highest BCUT2D eigenvalue weighted by Crippen LogP contribution is 2.26. The van der Waals surface area contributed by atoms with Gasteiger partial charge in [-0.15, -0.1) is 0 Å². The number of hydrogen-bond donors (Lipinski definition) is 1. The smallest absolute Gasteiger partial charge is 0.266 e. The Morgan fingerprint density at radius 3 is 2.58 bits per heavy atom. The van der Waals surface area contributed by atoms with E-state index in [9.17, 15) is 10.1 Å². The molecule has 0 fully saturated rings. The molecule has 0 heterocycles. The number of halogens is 1. The first-order valence-electron chi connectivity index (χ1n) is 7.28. The zero-order valence-corrected chi connectivity index (χ0v) is 14.4. The summed E-state index contributed by atoms with van der Waals surface area (Å²) in [6, 6.07) is 12.7. The zero-order valence-electron chi connectivity index (χ0n) is 13.7. The number of rotatable bonds is 4. The number of anilines is 1. The Bertz CT molecular complexity index is 851. The van der Waals surface area contributed by atoms with Crippen LogP contribution in [0.15, 0.2) is 42.0 Å². The van der Waals surface area contributed by atoms with Gasteiger partial charge in [-0.3, -0.25) is 4.79 Å². The van der Waals surface area contributed by atoms with Crippen LogP contribution in [0, 0.1) is 25.2 Å². The summed E-state index contributed by atoms with van der Waals surface area (Å²) in [5.41, 5.74) is 3.37. The number of carbonyl (C=O) groups excluding carboxylic acids is 1. The first-order chi connectivity index (χ1) is 11.4. The molecule has 0 aliphatic rings. The second-order valence-corrected chi connectivity index (χ2v) is 5.74. The highest BCUT2D eigenvalue weighted by atomic mass is 35.5. The third-order valence-corrected chi connectivity index (χ3v) is 3.78. The summed E-state index contributed by atoms with van der Waals surface area (Å²) >= 11 is 6.06. The molecule has 0 aliphatic heterocycles. The fourth-order valence-electron chi connectivity index (χ4n) is 2.23. The molecular formula is C19H17ClN2O2. The zero-order chi connectivity index (χ0) is 17.7. The maximum atomic E-state index is 12.3.